The van der Waals surface area contributed by atoms with E-state index in [0.29, 0.717) is 12.5 Å². The molecule has 10 heteroatoms. The Morgan fingerprint density at radius 2 is 1.88 bits per heavy atom. The fraction of sp³-hybridized carbons (Fsp3) is 0.818. The number of nitrogens with zero attached hydrogens (tertiary/aromatic N) is 6. The Morgan fingerprint density at radius 3 is 2.38 bits per heavy atom. The van der Waals surface area contributed by atoms with Gasteiger partial charge in [-0.25, -0.2) is 9.79 Å². The number of hydrogen-bond acceptors (Lipinski definition) is 5. The van der Waals surface area contributed by atoms with Crippen LogP contribution in [0.4, 0.5) is 4.79 Å². The van der Waals surface area contributed by atoms with E-state index in [1.165, 1.54) is 12.8 Å². The maximum atomic E-state index is 12.9. The van der Waals surface area contributed by atoms with Crippen LogP contribution in [-0.4, -0.2) is 74.4 Å². The standard InChI is InChI=1S/C22H39N7O2.HI/c1-7-23-20(24-14-19-26-25-16(2)27(19)6)28-12-10-18(11-13-28)29(15-17-8-9-17)21(30)31-22(3,4)5;/h17-18H,7-15H2,1-6H3,(H,23,24);1H. The summed E-state index contributed by atoms with van der Waals surface area (Å²) in [6, 6.07) is 0.218. The highest BCUT2D eigenvalue weighted by Crippen LogP contribution is 2.32. The van der Waals surface area contributed by atoms with Crippen LogP contribution in [0.15, 0.2) is 4.99 Å². The topological polar surface area (TPSA) is 87.9 Å². The van der Waals surface area contributed by atoms with E-state index in [0.717, 1.165) is 56.6 Å². The average Bonchev–Trinajstić information content (AvgIpc) is 3.48. The van der Waals surface area contributed by atoms with Gasteiger partial charge in [0.05, 0.1) is 0 Å². The van der Waals surface area contributed by atoms with E-state index in [1.54, 1.807) is 0 Å². The molecular weight excluding hydrogens is 521 g/mol. The first-order chi connectivity index (χ1) is 14.7. The van der Waals surface area contributed by atoms with Gasteiger partial charge < -0.3 is 24.4 Å². The lowest BCUT2D eigenvalue weighted by atomic mass is 10.0. The number of guanidine groups is 1. The van der Waals surface area contributed by atoms with Crippen molar-refractivity contribution in [3.63, 3.8) is 0 Å². The highest BCUT2D eigenvalue weighted by Gasteiger charge is 2.35. The van der Waals surface area contributed by atoms with Crippen molar-refractivity contribution in [1.82, 2.24) is 29.9 Å². The molecule has 0 bridgehead atoms. The molecule has 0 spiro atoms. The first-order valence-corrected chi connectivity index (χ1v) is 11.6. The van der Waals surface area contributed by atoms with Crippen LogP contribution in [0, 0.1) is 12.8 Å². The highest BCUT2D eigenvalue weighted by atomic mass is 127. The third-order valence-corrected chi connectivity index (χ3v) is 5.87. The summed E-state index contributed by atoms with van der Waals surface area (Å²) < 4.78 is 7.69. The van der Waals surface area contributed by atoms with Crippen LogP contribution in [0.1, 0.15) is 65.0 Å². The smallest absolute Gasteiger partial charge is 0.410 e. The lowest BCUT2D eigenvalue weighted by Crippen LogP contribution is -2.52. The number of amides is 1. The molecule has 0 radical (unpaired) electrons. The van der Waals surface area contributed by atoms with E-state index in [2.05, 4.69) is 27.3 Å². The molecule has 2 fully saturated rings. The summed E-state index contributed by atoms with van der Waals surface area (Å²) in [7, 11) is 1.96. The normalized spacial score (nSPS) is 17.7. The maximum Gasteiger partial charge on any atom is 0.410 e. The Kier molecular flexibility index (Phi) is 9.59. The Morgan fingerprint density at radius 1 is 1.22 bits per heavy atom. The molecule has 1 aliphatic carbocycles. The maximum absolute atomic E-state index is 12.9. The molecule has 1 aliphatic heterocycles. The van der Waals surface area contributed by atoms with Crippen LogP contribution in [0.3, 0.4) is 0 Å². The summed E-state index contributed by atoms with van der Waals surface area (Å²) in [5.41, 5.74) is -0.470. The van der Waals surface area contributed by atoms with E-state index >= 15 is 0 Å². The third-order valence-electron chi connectivity index (χ3n) is 5.87. The minimum atomic E-state index is -0.470. The van der Waals surface area contributed by atoms with Crippen molar-refractivity contribution in [1.29, 1.82) is 0 Å². The molecule has 0 atom stereocenters. The summed E-state index contributed by atoms with van der Waals surface area (Å²) in [6.07, 6.45) is 4.10. The molecule has 1 saturated carbocycles. The zero-order valence-electron chi connectivity index (χ0n) is 20.4. The summed E-state index contributed by atoms with van der Waals surface area (Å²) in [6.45, 7) is 13.6. The Labute approximate surface area is 209 Å². The molecular formula is C22H40IN7O2. The number of carbonyl (C=O) groups excluding carboxylic acids is 1. The van der Waals surface area contributed by atoms with E-state index in [4.69, 9.17) is 9.73 Å². The minimum absolute atomic E-state index is 0. The van der Waals surface area contributed by atoms with Crippen LogP contribution in [-0.2, 0) is 18.3 Å². The SMILES string of the molecule is CCNC(=NCc1nnc(C)n1C)N1CCC(N(CC2CC2)C(=O)OC(C)(C)C)CC1.I. The number of aromatic nitrogens is 3. The van der Waals surface area contributed by atoms with E-state index in [1.807, 2.05) is 44.2 Å². The van der Waals surface area contributed by atoms with Gasteiger partial charge >= 0.3 is 6.09 Å². The lowest BCUT2D eigenvalue weighted by molar-refractivity contribution is 0.00928. The van der Waals surface area contributed by atoms with Crippen molar-refractivity contribution >= 4 is 36.0 Å². The second-order valence-corrected chi connectivity index (χ2v) is 9.69. The largest absolute Gasteiger partial charge is 0.444 e. The molecule has 0 unspecified atom stereocenters. The fourth-order valence-electron chi connectivity index (χ4n) is 3.82. The van der Waals surface area contributed by atoms with Gasteiger partial charge in [0.1, 0.15) is 18.0 Å². The zero-order valence-corrected chi connectivity index (χ0v) is 22.8. The van der Waals surface area contributed by atoms with Crippen molar-refractivity contribution in [2.45, 2.75) is 78.5 Å². The monoisotopic (exact) mass is 561 g/mol. The molecule has 2 aliphatic rings. The predicted molar refractivity (Wildman–Crippen MR) is 136 cm³/mol. The van der Waals surface area contributed by atoms with Crippen molar-refractivity contribution in [3.8, 4) is 0 Å². The molecule has 9 nitrogen and oxygen atoms in total. The summed E-state index contributed by atoms with van der Waals surface area (Å²) in [5.74, 6) is 3.27. The number of carbonyl (C=O) groups is 1. The Balaban J connectivity index is 0.00000363. The molecule has 1 N–H and O–H groups in total. The first kappa shape index (κ1) is 26.7. The Hall–Kier alpha value is -1.59. The van der Waals surface area contributed by atoms with Gasteiger partial charge in [-0.15, -0.1) is 34.2 Å². The number of rotatable bonds is 6. The molecule has 1 amide bonds. The van der Waals surface area contributed by atoms with Gasteiger partial charge in [-0.05, 0) is 66.2 Å². The van der Waals surface area contributed by atoms with Crippen molar-refractivity contribution in [2.75, 3.05) is 26.2 Å². The molecule has 1 saturated heterocycles. The summed E-state index contributed by atoms with van der Waals surface area (Å²) in [5, 5.41) is 11.7. The van der Waals surface area contributed by atoms with Gasteiger partial charge in [0.15, 0.2) is 11.8 Å². The van der Waals surface area contributed by atoms with E-state index in [9.17, 15) is 4.79 Å². The molecule has 2 heterocycles. The van der Waals surface area contributed by atoms with Crippen LogP contribution in [0.5, 0.6) is 0 Å². The van der Waals surface area contributed by atoms with Gasteiger partial charge in [-0.1, -0.05) is 0 Å². The zero-order chi connectivity index (χ0) is 22.6. The van der Waals surface area contributed by atoms with Crippen LogP contribution in [0.25, 0.3) is 0 Å². The summed E-state index contributed by atoms with van der Waals surface area (Å²) >= 11 is 0. The quantitative estimate of drug-likeness (QED) is 0.326. The highest BCUT2D eigenvalue weighted by molar-refractivity contribution is 14.0. The van der Waals surface area contributed by atoms with Crippen molar-refractivity contribution in [2.24, 2.45) is 18.0 Å². The molecule has 1 aromatic heterocycles. The molecule has 0 aromatic carbocycles. The number of ether oxygens (including phenoxy) is 1. The van der Waals surface area contributed by atoms with Crippen LogP contribution < -0.4 is 5.32 Å². The van der Waals surface area contributed by atoms with E-state index in [-0.39, 0.29) is 36.1 Å². The second kappa shape index (κ2) is 11.5. The third kappa shape index (κ3) is 7.48. The van der Waals surface area contributed by atoms with Gasteiger partial charge in [0, 0.05) is 39.3 Å². The van der Waals surface area contributed by atoms with Crippen molar-refractivity contribution < 1.29 is 9.53 Å². The van der Waals surface area contributed by atoms with E-state index < -0.39 is 5.60 Å². The number of hydrogen-bond donors (Lipinski definition) is 1. The lowest BCUT2D eigenvalue weighted by Gasteiger charge is -2.40. The predicted octanol–water partition coefficient (Wildman–Crippen LogP) is 3.32. The first-order valence-electron chi connectivity index (χ1n) is 11.6. The number of nitrogens with one attached hydrogen (secondary N) is 1. The minimum Gasteiger partial charge on any atom is -0.444 e. The number of likely N-dealkylation sites (tertiary alicyclic amines) is 1. The fourth-order valence-corrected chi connectivity index (χ4v) is 3.82. The molecule has 1 aromatic rings. The van der Waals surface area contributed by atoms with Gasteiger partial charge in [0.2, 0.25) is 0 Å². The van der Waals surface area contributed by atoms with Crippen LogP contribution in [0.2, 0.25) is 0 Å². The number of aliphatic imine (C=N–C) groups is 1. The van der Waals surface area contributed by atoms with Gasteiger partial charge in [-0.3, -0.25) is 0 Å². The number of aryl methyl sites for hydroxylation is 1. The van der Waals surface area contributed by atoms with Crippen LogP contribution >= 0.6 is 24.0 Å². The molecule has 182 valence electrons. The second-order valence-electron chi connectivity index (χ2n) is 9.69. The van der Waals surface area contributed by atoms with Crippen molar-refractivity contribution in [3.05, 3.63) is 11.6 Å². The Bertz CT molecular complexity index is 778. The number of halogens is 1. The molecule has 3 rings (SSSR count). The molecule has 32 heavy (non-hydrogen) atoms. The van der Waals surface area contributed by atoms with Gasteiger partial charge in [0.25, 0.3) is 0 Å². The number of piperidine rings is 1. The average molecular weight is 562 g/mol. The summed E-state index contributed by atoms with van der Waals surface area (Å²) in [4.78, 5) is 21.9. The van der Waals surface area contributed by atoms with Gasteiger partial charge in [-0.2, -0.15) is 0 Å².